The van der Waals surface area contributed by atoms with Gasteiger partial charge in [-0.2, -0.15) is 0 Å². The maximum absolute atomic E-state index is 5.61. The smallest absolute Gasteiger partial charge is 0.122 e. The number of rotatable bonds is 4. The van der Waals surface area contributed by atoms with E-state index in [9.17, 15) is 0 Å². The Balaban J connectivity index is 2.18. The molecule has 2 aromatic rings. The Morgan fingerprint density at radius 3 is 2.79 bits per heavy atom. The van der Waals surface area contributed by atoms with Crippen LogP contribution in [0.25, 0.3) is 0 Å². The van der Waals surface area contributed by atoms with Gasteiger partial charge < -0.3 is 10.6 Å². The monoisotopic (exact) mass is 271 g/mol. The molecule has 0 atom stereocenters. The van der Waals surface area contributed by atoms with Crippen LogP contribution in [0.3, 0.4) is 0 Å². The average molecular weight is 271 g/mol. The molecule has 4 heteroatoms. The standard InChI is InChI=1S/C15H17N3S/c1-11-4-3-5-12(8-11)10-18(2)13-6-7-17-14(9-13)15(16)19/h3-9H,10H2,1-2H3,(H2,16,19). The van der Waals surface area contributed by atoms with E-state index >= 15 is 0 Å². The normalized spacial score (nSPS) is 10.2. The Hall–Kier alpha value is -1.94. The summed E-state index contributed by atoms with van der Waals surface area (Å²) in [5.74, 6) is 0. The minimum absolute atomic E-state index is 0.325. The van der Waals surface area contributed by atoms with E-state index in [1.165, 1.54) is 11.1 Å². The molecular formula is C15H17N3S. The fourth-order valence-electron chi connectivity index (χ4n) is 1.97. The Morgan fingerprint density at radius 1 is 1.32 bits per heavy atom. The maximum Gasteiger partial charge on any atom is 0.122 e. The van der Waals surface area contributed by atoms with Crippen LogP contribution in [0.2, 0.25) is 0 Å². The molecule has 0 saturated carbocycles. The van der Waals surface area contributed by atoms with Crippen molar-refractivity contribution in [3.8, 4) is 0 Å². The largest absolute Gasteiger partial charge is 0.388 e. The van der Waals surface area contributed by atoms with Gasteiger partial charge in [0, 0.05) is 25.5 Å². The number of nitrogens with zero attached hydrogens (tertiary/aromatic N) is 2. The van der Waals surface area contributed by atoms with Crippen LogP contribution in [0.5, 0.6) is 0 Å². The number of hydrogen-bond acceptors (Lipinski definition) is 3. The second-order valence-corrected chi connectivity index (χ2v) is 5.05. The predicted molar refractivity (Wildman–Crippen MR) is 83.4 cm³/mol. The lowest BCUT2D eigenvalue weighted by atomic mass is 10.1. The van der Waals surface area contributed by atoms with Crippen molar-refractivity contribution in [1.29, 1.82) is 0 Å². The highest BCUT2D eigenvalue weighted by atomic mass is 32.1. The lowest BCUT2D eigenvalue weighted by molar-refractivity contribution is 0.919. The van der Waals surface area contributed by atoms with Gasteiger partial charge in [-0.05, 0) is 24.6 Å². The van der Waals surface area contributed by atoms with Crippen molar-refractivity contribution in [2.45, 2.75) is 13.5 Å². The Labute approximate surface area is 119 Å². The fourth-order valence-corrected chi connectivity index (χ4v) is 2.08. The van der Waals surface area contributed by atoms with Gasteiger partial charge in [0.15, 0.2) is 0 Å². The molecule has 0 fully saturated rings. The SMILES string of the molecule is Cc1cccc(CN(C)c2ccnc(C(N)=S)c2)c1. The highest BCUT2D eigenvalue weighted by Crippen LogP contribution is 2.16. The first-order valence-corrected chi connectivity index (χ1v) is 6.49. The van der Waals surface area contributed by atoms with Gasteiger partial charge in [0.25, 0.3) is 0 Å². The minimum atomic E-state index is 0.325. The molecule has 0 aliphatic rings. The highest BCUT2D eigenvalue weighted by Gasteiger charge is 2.05. The Kier molecular flexibility index (Phi) is 4.12. The van der Waals surface area contributed by atoms with Gasteiger partial charge in [0.2, 0.25) is 0 Å². The van der Waals surface area contributed by atoms with Crippen LogP contribution < -0.4 is 10.6 Å². The number of aryl methyl sites for hydroxylation is 1. The highest BCUT2D eigenvalue weighted by molar-refractivity contribution is 7.80. The molecule has 1 aromatic carbocycles. The van der Waals surface area contributed by atoms with Crippen molar-refractivity contribution in [3.63, 3.8) is 0 Å². The number of hydrogen-bond donors (Lipinski definition) is 1. The lowest BCUT2D eigenvalue weighted by Crippen LogP contribution is -2.18. The van der Waals surface area contributed by atoms with Gasteiger partial charge in [0.05, 0.1) is 5.69 Å². The summed E-state index contributed by atoms with van der Waals surface area (Å²) in [6.07, 6.45) is 1.73. The van der Waals surface area contributed by atoms with Gasteiger partial charge in [-0.25, -0.2) is 0 Å². The van der Waals surface area contributed by atoms with Crippen molar-refractivity contribution < 1.29 is 0 Å². The first-order valence-electron chi connectivity index (χ1n) is 6.09. The molecule has 0 spiro atoms. The quantitative estimate of drug-likeness (QED) is 0.868. The molecule has 0 bridgehead atoms. The lowest BCUT2D eigenvalue weighted by Gasteiger charge is -2.20. The molecular weight excluding hydrogens is 254 g/mol. The zero-order chi connectivity index (χ0) is 13.8. The van der Waals surface area contributed by atoms with Gasteiger partial charge >= 0.3 is 0 Å². The third kappa shape index (κ3) is 3.51. The van der Waals surface area contributed by atoms with Gasteiger partial charge in [-0.3, -0.25) is 4.98 Å². The van der Waals surface area contributed by atoms with Crippen LogP contribution >= 0.6 is 12.2 Å². The summed E-state index contributed by atoms with van der Waals surface area (Å²) >= 11 is 4.95. The van der Waals surface area contributed by atoms with Crippen LogP contribution in [0.4, 0.5) is 5.69 Å². The first kappa shape index (κ1) is 13.5. The van der Waals surface area contributed by atoms with Crippen molar-refractivity contribution in [3.05, 3.63) is 59.4 Å². The number of nitrogens with two attached hydrogens (primary N) is 1. The number of benzene rings is 1. The summed E-state index contributed by atoms with van der Waals surface area (Å²) in [5.41, 5.74) is 9.86. The zero-order valence-electron chi connectivity index (χ0n) is 11.1. The van der Waals surface area contributed by atoms with E-state index in [0.717, 1.165) is 12.2 Å². The number of aromatic nitrogens is 1. The fraction of sp³-hybridized carbons (Fsp3) is 0.200. The summed E-state index contributed by atoms with van der Waals surface area (Å²) in [6, 6.07) is 12.4. The van der Waals surface area contributed by atoms with Crippen LogP contribution in [0, 0.1) is 6.92 Å². The number of pyridine rings is 1. The van der Waals surface area contributed by atoms with Gasteiger partial charge in [-0.1, -0.05) is 42.0 Å². The van der Waals surface area contributed by atoms with Crippen molar-refractivity contribution >= 4 is 22.9 Å². The van der Waals surface area contributed by atoms with E-state index in [1.807, 2.05) is 19.2 Å². The summed E-state index contributed by atoms with van der Waals surface area (Å²) in [4.78, 5) is 6.63. The molecule has 0 unspecified atom stereocenters. The topological polar surface area (TPSA) is 42.2 Å². The zero-order valence-corrected chi connectivity index (χ0v) is 11.9. The molecule has 0 amide bonds. The molecule has 0 aliphatic heterocycles. The molecule has 0 saturated heterocycles. The van der Waals surface area contributed by atoms with E-state index in [4.69, 9.17) is 18.0 Å². The molecule has 0 radical (unpaired) electrons. The van der Waals surface area contributed by atoms with E-state index in [-0.39, 0.29) is 0 Å². The van der Waals surface area contributed by atoms with E-state index in [0.29, 0.717) is 10.7 Å². The van der Waals surface area contributed by atoms with Crippen molar-refractivity contribution in [1.82, 2.24) is 4.98 Å². The van der Waals surface area contributed by atoms with Gasteiger partial charge in [0.1, 0.15) is 4.99 Å². The molecule has 19 heavy (non-hydrogen) atoms. The Morgan fingerprint density at radius 2 is 2.11 bits per heavy atom. The first-order chi connectivity index (χ1) is 9.06. The summed E-state index contributed by atoms with van der Waals surface area (Å²) in [7, 11) is 2.04. The predicted octanol–water partition coefficient (Wildman–Crippen LogP) is 2.66. The molecule has 1 aromatic heterocycles. The van der Waals surface area contributed by atoms with Crippen LogP contribution in [-0.2, 0) is 6.54 Å². The van der Waals surface area contributed by atoms with Crippen molar-refractivity contribution in [2.24, 2.45) is 5.73 Å². The molecule has 2 rings (SSSR count). The third-order valence-electron chi connectivity index (χ3n) is 2.94. The van der Waals surface area contributed by atoms with Crippen LogP contribution in [-0.4, -0.2) is 17.0 Å². The minimum Gasteiger partial charge on any atom is -0.388 e. The summed E-state index contributed by atoms with van der Waals surface area (Å²) < 4.78 is 0. The summed E-state index contributed by atoms with van der Waals surface area (Å²) in [6.45, 7) is 2.93. The second kappa shape index (κ2) is 5.80. The third-order valence-corrected chi connectivity index (χ3v) is 3.15. The van der Waals surface area contributed by atoms with E-state index < -0.39 is 0 Å². The average Bonchev–Trinajstić information content (AvgIpc) is 2.39. The van der Waals surface area contributed by atoms with Crippen molar-refractivity contribution in [2.75, 3.05) is 11.9 Å². The molecule has 98 valence electrons. The molecule has 0 aliphatic carbocycles. The van der Waals surface area contributed by atoms with Crippen LogP contribution in [0.15, 0.2) is 42.6 Å². The Bertz CT molecular complexity index is 595. The summed E-state index contributed by atoms with van der Waals surface area (Å²) in [5, 5.41) is 0. The molecule has 2 N–H and O–H groups in total. The van der Waals surface area contributed by atoms with Gasteiger partial charge in [-0.15, -0.1) is 0 Å². The number of anilines is 1. The van der Waals surface area contributed by atoms with E-state index in [1.54, 1.807) is 6.20 Å². The van der Waals surface area contributed by atoms with E-state index in [2.05, 4.69) is 41.1 Å². The maximum atomic E-state index is 5.61. The van der Waals surface area contributed by atoms with Crippen LogP contribution in [0.1, 0.15) is 16.8 Å². The molecule has 1 heterocycles. The molecule has 3 nitrogen and oxygen atoms in total. The second-order valence-electron chi connectivity index (χ2n) is 4.61. The number of thiocarbonyl (C=S) groups is 1.